The first-order chi connectivity index (χ1) is 12.8. The van der Waals surface area contributed by atoms with Gasteiger partial charge < -0.3 is 5.32 Å². The molecule has 0 aliphatic carbocycles. The van der Waals surface area contributed by atoms with Gasteiger partial charge in [-0.3, -0.25) is 9.48 Å². The van der Waals surface area contributed by atoms with Gasteiger partial charge in [0.2, 0.25) is 11.7 Å². The molecule has 0 aromatic carbocycles. The van der Waals surface area contributed by atoms with Crippen molar-refractivity contribution in [2.75, 3.05) is 5.32 Å². The summed E-state index contributed by atoms with van der Waals surface area (Å²) >= 11 is 1.08. The molecule has 140 valence electrons. The molecule has 1 atom stereocenters. The number of ketones is 1. The summed E-state index contributed by atoms with van der Waals surface area (Å²) in [6.45, 7) is 1.68. The van der Waals surface area contributed by atoms with Gasteiger partial charge in [0.05, 0.1) is 16.1 Å². The first-order valence-electron chi connectivity index (χ1n) is 7.83. The highest BCUT2D eigenvalue weighted by molar-refractivity contribution is 7.12. The molecule has 0 amide bonds. The van der Waals surface area contributed by atoms with Crippen LogP contribution in [0.15, 0.2) is 41.3 Å². The number of halogens is 3. The smallest absolute Gasteiger partial charge is 0.320 e. The number of nitrogens with zero attached hydrogens (tertiary/aromatic N) is 5. The van der Waals surface area contributed by atoms with Crippen LogP contribution in [0.3, 0.4) is 0 Å². The average Bonchev–Trinajstić information content (AvgIpc) is 3.32. The molecule has 0 radical (unpaired) electrons. The van der Waals surface area contributed by atoms with Crippen LogP contribution in [0.5, 0.6) is 0 Å². The fourth-order valence-corrected chi connectivity index (χ4v) is 3.82. The number of alkyl halides is 3. The number of aryl methyl sites for hydroxylation is 2. The number of Topliss-reactive ketones (excluding diaryl/α,β-unsaturated/α-hetero) is 1. The number of anilines is 1. The lowest BCUT2D eigenvalue weighted by Gasteiger charge is -2.30. The van der Waals surface area contributed by atoms with Crippen LogP contribution in [0.25, 0.3) is 0 Å². The van der Waals surface area contributed by atoms with Crippen molar-refractivity contribution in [3.05, 3.63) is 57.4 Å². The zero-order valence-corrected chi connectivity index (χ0v) is 15.0. The molecule has 3 aromatic rings. The maximum atomic E-state index is 13.8. The highest BCUT2D eigenvalue weighted by Crippen LogP contribution is 2.42. The Kier molecular flexibility index (Phi) is 3.91. The van der Waals surface area contributed by atoms with Crippen molar-refractivity contribution < 1.29 is 18.0 Å². The minimum atomic E-state index is -4.77. The lowest BCUT2D eigenvalue weighted by molar-refractivity contribution is -0.0918. The van der Waals surface area contributed by atoms with Crippen LogP contribution in [-0.4, -0.2) is 36.5 Å². The largest absolute Gasteiger partial charge is 0.431 e. The van der Waals surface area contributed by atoms with E-state index in [1.54, 1.807) is 31.6 Å². The van der Waals surface area contributed by atoms with Gasteiger partial charge >= 0.3 is 6.18 Å². The van der Waals surface area contributed by atoms with Gasteiger partial charge in [-0.1, -0.05) is 6.07 Å². The van der Waals surface area contributed by atoms with E-state index in [2.05, 4.69) is 20.5 Å². The minimum absolute atomic E-state index is 0.0849. The Labute approximate surface area is 155 Å². The summed E-state index contributed by atoms with van der Waals surface area (Å²) in [5.74, 6) is -0.794. The second kappa shape index (κ2) is 6.05. The Morgan fingerprint density at radius 2 is 2.15 bits per heavy atom. The van der Waals surface area contributed by atoms with Crippen molar-refractivity contribution >= 4 is 23.1 Å². The molecular formula is C16H13F3N6OS. The molecule has 1 N–H and O–H groups in total. The van der Waals surface area contributed by atoms with Crippen LogP contribution in [0, 0.1) is 6.92 Å². The van der Waals surface area contributed by atoms with Gasteiger partial charge in [0.1, 0.15) is 18.1 Å². The first kappa shape index (κ1) is 17.5. The molecule has 0 saturated carbocycles. The van der Waals surface area contributed by atoms with Crippen LogP contribution in [0.1, 0.15) is 27.0 Å². The van der Waals surface area contributed by atoms with Crippen molar-refractivity contribution in [1.29, 1.82) is 0 Å². The molecule has 0 unspecified atom stereocenters. The summed E-state index contributed by atoms with van der Waals surface area (Å²) < 4.78 is 44.3. The Bertz CT molecular complexity index is 1050. The van der Waals surface area contributed by atoms with E-state index >= 15 is 0 Å². The maximum absolute atomic E-state index is 13.8. The molecule has 1 aliphatic heterocycles. The van der Waals surface area contributed by atoms with Gasteiger partial charge in [-0.2, -0.15) is 28.4 Å². The molecule has 4 rings (SSSR count). The number of hydrogen-bond acceptors (Lipinski definition) is 6. The van der Waals surface area contributed by atoms with E-state index in [4.69, 9.17) is 0 Å². The first-order valence-corrected chi connectivity index (χ1v) is 8.71. The van der Waals surface area contributed by atoms with Gasteiger partial charge in [0.15, 0.2) is 0 Å². The van der Waals surface area contributed by atoms with Crippen molar-refractivity contribution in [2.45, 2.75) is 19.1 Å². The lowest BCUT2D eigenvalue weighted by Crippen LogP contribution is -2.35. The molecule has 0 bridgehead atoms. The number of aromatic nitrogens is 5. The van der Waals surface area contributed by atoms with Crippen molar-refractivity contribution in [2.24, 2.45) is 7.05 Å². The second-order valence-electron chi connectivity index (χ2n) is 5.99. The van der Waals surface area contributed by atoms with E-state index in [1.165, 1.54) is 15.4 Å². The Morgan fingerprint density at radius 1 is 1.37 bits per heavy atom. The van der Waals surface area contributed by atoms with Crippen LogP contribution < -0.4 is 5.32 Å². The predicted molar refractivity (Wildman–Crippen MR) is 91.5 cm³/mol. The quantitative estimate of drug-likeness (QED) is 0.691. The molecule has 1 aliphatic rings. The number of carbonyl (C=O) groups excluding carboxylic acids is 1. The molecule has 0 saturated heterocycles. The second-order valence-corrected chi connectivity index (χ2v) is 6.94. The highest BCUT2D eigenvalue weighted by Gasteiger charge is 2.46. The van der Waals surface area contributed by atoms with Gasteiger partial charge in [0, 0.05) is 18.8 Å². The summed E-state index contributed by atoms with van der Waals surface area (Å²) in [5.41, 5.74) is -0.607. The molecular weight excluding hydrogens is 381 g/mol. The summed E-state index contributed by atoms with van der Waals surface area (Å²) in [5, 5.41) is 12.1. The lowest BCUT2D eigenvalue weighted by atomic mass is 9.92. The van der Waals surface area contributed by atoms with Crippen LogP contribution >= 0.6 is 11.3 Å². The Balaban J connectivity index is 2.01. The van der Waals surface area contributed by atoms with E-state index in [0.29, 0.717) is 11.3 Å². The Morgan fingerprint density at radius 3 is 2.74 bits per heavy atom. The SMILES string of the molecule is Cc1nn(C)cc1[C@H]1C(C(=O)c2cccs2)=C(C(F)(F)F)Nc2ncnn21. The van der Waals surface area contributed by atoms with Crippen LogP contribution in [0.2, 0.25) is 0 Å². The van der Waals surface area contributed by atoms with Gasteiger partial charge in [-0.25, -0.2) is 4.68 Å². The van der Waals surface area contributed by atoms with E-state index in [0.717, 1.165) is 17.7 Å². The molecule has 3 aromatic heterocycles. The number of allylic oxidation sites excluding steroid dienone is 2. The molecule has 11 heteroatoms. The number of rotatable bonds is 3. The third kappa shape index (κ3) is 2.83. The fourth-order valence-electron chi connectivity index (χ4n) is 3.14. The van der Waals surface area contributed by atoms with E-state index in [9.17, 15) is 18.0 Å². The summed E-state index contributed by atoms with van der Waals surface area (Å²) in [4.78, 5) is 17.1. The minimum Gasteiger partial charge on any atom is -0.320 e. The number of thiophene rings is 1. The highest BCUT2D eigenvalue weighted by atomic mass is 32.1. The third-order valence-corrected chi connectivity index (χ3v) is 5.08. The third-order valence-electron chi connectivity index (χ3n) is 4.22. The standard InChI is InChI=1S/C16H13F3N6OS/c1-8-9(6-24(2)23-8)12-11(13(26)10-4-3-5-27-10)14(16(17,18)19)22-15-20-7-21-25(12)15/h3-7,12H,1-2H3,(H,20,21,22)/t12-/m0/s1. The normalized spacial score (nSPS) is 17.0. The topological polar surface area (TPSA) is 77.6 Å². The van der Waals surface area contributed by atoms with E-state index in [1.807, 2.05) is 0 Å². The number of fused-ring (bicyclic) bond motifs is 1. The van der Waals surface area contributed by atoms with Crippen molar-refractivity contribution in [1.82, 2.24) is 24.5 Å². The summed E-state index contributed by atoms with van der Waals surface area (Å²) in [6, 6.07) is 2.02. The van der Waals surface area contributed by atoms with Crippen molar-refractivity contribution in [3.63, 3.8) is 0 Å². The zero-order valence-electron chi connectivity index (χ0n) is 14.2. The van der Waals surface area contributed by atoms with Crippen molar-refractivity contribution in [3.8, 4) is 0 Å². The number of carbonyl (C=O) groups is 1. The summed E-state index contributed by atoms with van der Waals surface area (Å²) in [7, 11) is 1.66. The number of nitrogens with one attached hydrogen (secondary N) is 1. The van der Waals surface area contributed by atoms with E-state index < -0.39 is 29.3 Å². The molecule has 4 heterocycles. The molecule has 0 spiro atoms. The molecule has 7 nitrogen and oxygen atoms in total. The average molecular weight is 394 g/mol. The summed E-state index contributed by atoms with van der Waals surface area (Å²) in [6.07, 6.45) is -2.03. The fraction of sp³-hybridized carbons (Fsp3) is 0.250. The molecule has 0 fully saturated rings. The molecule has 27 heavy (non-hydrogen) atoms. The van der Waals surface area contributed by atoms with Crippen LogP contribution in [-0.2, 0) is 7.05 Å². The van der Waals surface area contributed by atoms with Crippen LogP contribution in [0.4, 0.5) is 19.1 Å². The maximum Gasteiger partial charge on any atom is 0.431 e. The van der Waals surface area contributed by atoms with Gasteiger partial charge in [0.25, 0.3) is 0 Å². The number of hydrogen-bond donors (Lipinski definition) is 1. The predicted octanol–water partition coefficient (Wildman–Crippen LogP) is 3.10. The van der Waals surface area contributed by atoms with Gasteiger partial charge in [-0.15, -0.1) is 11.3 Å². The zero-order chi connectivity index (χ0) is 19.3. The van der Waals surface area contributed by atoms with E-state index in [-0.39, 0.29) is 10.8 Å². The van der Waals surface area contributed by atoms with Gasteiger partial charge in [-0.05, 0) is 18.4 Å². The monoisotopic (exact) mass is 394 g/mol. The Hall–Kier alpha value is -2.95.